The molecule has 0 aromatic heterocycles. The molecule has 1 fully saturated rings. The van der Waals surface area contributed by atoms with Crippen molar-refractivity contribution < 1.29 is 13.5 Å². The Morgan fingerprint density at radius 1 is 1.24 bits per heavy atom. The minimum Gasteiger partial charge on any atom is -0.377 e. The van der Waals surface area contributed by atoms with E-state index in [4.69, 9.17) is 4.74 Å². The van der Waals surface area contributed by atoms with Crippen LogP contribution < -0.4 is 5.32 Å². The third kappa shape index (κ3) is 3.80. The van der Waals surface area contributed by atoms with E-state index in [1.165, 1.54) is 12.1 Å². The van der Waals surface area contributed by atoms with Gasteiger partial charge in [-0.1, -0.05) is 6.92 Å². The third-order valence-corrected chi connectivity index (χ3v) is 4.87. The van der Waals surface area contributed by atoms with E-state index in [0.29, 0.717) is 12.0 Å². The number of benzene rings is 1. The summed E-state index contributed by atoms with van der Waals surface area (Å²) in [4.78, 5) is 0. The molecule has 1 saturated carbocycles. The van der Waals surface area contributed by atoms with Crippen molar-refractivity contribution in [2.75, 3.05) is 14.2 Å². The molecule has 1 aliphatic carbocycles. The van der Waals surface area contributed by atoms with Gasteiger partial charge in [0, 0.05) is 19.2 Å². The van der Waals surface area contributed by atoms with Crippen LogP contribution in [0.25, 0.3) is 0 Å². The molecule has 1 unspecified atom stereocenters. The summed E-state index contributed by atoms with van der Waals surface area (Å²) in [6, 6.07) is 3.77. The maximum absolute atomic E-state index is 13.4. The number of rotatable bonds is 5. The molecule has 1 aromatic carbocycles. The van der Waals surface area contributed by atoms with Crippen molar-refractivity contribution in [2.24, 2.45) is 5.92 Å². The van der Waals surface area contributed by atoms with E-state index in [2.05, 4.69) is 12.2 Å². The van der Waals surface area contributed by atoms with Gasteiger partial charge < -0.3 is 10.1 Å². The van der Waals surface area contributed by atoms with Gasteiger partial charge in [-0.15, -0.1) is 0 Å². The fraction of sp³-hybridized carbons (Fsp3) is 0.647. The van der Waals surface area contributed by atoms with E-state index in [1.54, 1.807) is 7.11 Å². The SMILES string of the molecule is CNC(Cc1cc(F)cc(F)c1)C1(OC)CCC(C)CC1. The van der Waals surface area contributed by atoms with Gasteiger partial charge in [0.05, 0.1) is 5.60 Å². The minimum absolute atomic E-state index is 0.0520. The molecule has 0 heterocycles. The molecule has 0 bridgehead atoms. The van der Waals surface area contributed by atoms with Crippen LogP contribution in [0.4, 0.5) is 8.78 Å². The molecule has 1 aliphatic rings. The molecule has 0 amide bonds. The summed E-state index contributed by atoms with van der Waals surface area (Å²) in [6.07, 6.45) is 4.78. The van der Waals surface area contributed by atoms with Crippen molar-refractivity contribution >= 4 is 0 Å². The van der Waals surface area contributed by atoms with Crippen LogP contribution in [0.5, 0.6) is 0 Å². The number of ether oxygens (including phenoxy) is 1. The molecule has 21 heavy (non-hydrogen) atoms. The van der Waals surface area contributed by atoms with Crippen LogP contribution in [-0.4, -0.2) is 25.8 Å². The molecule has 2 rings (SSSR count). The first-order chi connectivity index (χ1) is 9.99. The van der Waals surface area contributed by atoms with Crippen LogP contribution in [0.3, 0.4) is 0 Å². The van der Waals surface area contributed by atoms with Crippen LogP contribution in [0.1, 0.15) is 38.2 Å². The number of likely N-dealkylation sites (N-methyl/N-ethyl adjacent to an activating group) is 1. The molecule has 0 saturated heterocycles. The Labute approximate surface area is 125 Å². The van der Waals surface area contributed by atoms with E-state index in [1.807, 2.05) is 7.05 Å². The monoisotopic (exact) mass is 297 g/mol. The Hall–Kier alpha value is -1.00. The minimum atomic E-state index is -0.524. The summed E-state index contributed by atoms with van der Waals surface area (Å²) in [5, 5.41) is 3.30. The summed E-state index contributed by atoms with van der Waals surface area (Å²) in [7, 11) is 3.63. The van der Waals surface area contributed by atoms with Gasteiger partial charge in [-0.2, -0.15) is 0 Å². The van der Waals surface area contributed by atoms with Crippen LogP contribution in [0.15, 0.2) is 18.2 Å². The van der Waals surface area contributed by atoms with Crippen molar-refractivity contribution in [1.29, 1.82) is 0 Å². The quantitative estimate of drug-likeness (QED) is 0.895. The fourth-order valence-electron chi connectivity index (χ4n) is 3.46. The third-order valence-electron chi connectivity index (χ3n) is 4.87. The standard InChI is InChI=1S/C17H25F2NO/c1-12-4-6-17(21-3,7-5-12)16(20-2)10-13-8-14(18)11-15(19)9-13/h8-9,11-12,16,20H,4-7,10H2,1-3H3. The van der Waals surface area contributed by atoms with E-state index in [-0.39, 0.29) is 11.6 Å². The highest BCUT2D eigenvalue weighted by atomic mass is 19.1. The zero-order chi connectivity index (χ0) is 15.5. The first-order valence-electron chi connectivity index (χ1n) is 7.66. The van der Waals surface area contributed by atoms with Gasteiger partial charge in [-0.05, 0) is 62.8 Å². The Morgan fingerprint density at radius 2 is 1.81 bits per heavy atom. The number of hydrogen-bond acceptors (Lipinski definition) is 2. The second-order valence-electron chi connectivity index (χ2n) is 6.27. The second-order valence-corrected chi connectivity index (χ2v) is 6.27. The van der Waals surface area contributed by atoms with Gasteiger partial charge in [-0.25, -0.2) is 8.78 Å². The highest BCUT2D eigenvalue weighted by Gasteiger charge is 2.40. The number of nitrogens with one attached hydrogen (secondary N) is 1. The summed E-state index contributed by atoms with van der Waals surface area (Å²) >= 11 is 0. The van der Waals surface area contributed by atoms with Crippen molar-refractivity contribution in [3.8, 4) is 0 Å². The highest BCUT2D eigenvalue weighted by Crippen LogP contribution is 2.37. The van der Waals surface area contributed by atoms with Gasteiger partial charge in [0.2, 0.25) is 0 Å². The van der Waals surface area contributed by atoms with Gasteiger partial charge >= 0.3 is 0 Å². The van der Waals surface area contributed by atoms with Crippen LogP contribution in [-0.2, 0) is 11.2 Å². The molecule has 118 valence electrons. The molecule has 1 atom stereocenters. The lowest BCUT2D eigenvalue weighted by atomic mass is 9.74. The molecular weight excluding hydrogens is 272 g/mol. The maximum Gasteiger partial charge on any atom is 0.126 e. The number of hydrogen-bond donors (Lipinski definition) is 1. The lowest BCUT2D eigenvalue weighted by Crippen LogP contribution is -2.54. The van der Waals surface area contributed by atoms with E-state index < -0.39 is 11.6 Å². The lowest BCUT2D eigenvalue weighted by molar-refractivity contribution is -0.0730. The number of methoxy groups -OCH3 is 1. The summed E-state index contributed by atoms with van der Waals surface area (Å²) in [6.45, 7) is 2.26. The van der Waals surface area contributed by atoms with Gasteiger partial charge in [0.1, 0.15) is 11.6 Å². The predicted molar refractivity (Wildman–Crippen MR) is 80.3 cm³/mol. The molecule has 0 aliphatic heterocycles. The molecule has 0 spiro atoms. The Bertz CT molecular complexity index is 450. The Balaban J connectivity index is 2.17. The highest BCUT2D eigenvalue weighted by molar-refractivity contribution is 5.20. The summed E-state index contributed by atoms with van der Waals surface area (Å²) in [5.74, 6) is -0.329. The van der Waals surface area contributed by atoms with Crippen molar-refractivity contribution in [3.63, 3.8) is 0 Å². The summed E-state index contributed by atoms with van der Waals surface area (Å²) in [5.41, 5.74) is 0.422. The smallest absolute Gasteiger partial charge is 0.126 e. The molecular formula is C17H25F2NO. The normalized spacial score (nSPS) is 27.6. The zero-order valence-corrected chi connectivity index (χ0v) is 13.1. The van der Waals surface area contributed by atoms with Crippen molar-refractivity contribution in [3.05, 3.63) is 35.4 Å². The number of halogens is 2. The molecule has 0 radical (unpaired) electrons. The van der Waals surface area contributed by atoms with Crippen molar-refractivity contribution in [2.45, 2.75) is 50.7 Å². The first-order valence-corrected chi connectivity index (χ1v) is 7.66. The molecule has 4 heteroatoms. The average molecular weight is 297 g/mol. The lowest BCUT2D eigenvalue weighted by Gasteiger charge is -2.44. The Morgan fingerprint density at radius 3 is 2.29 bits per heavy atom. The van der Waals surface area contributed by atoms with Gasteiger partial charge in [0.25, 0.3) is 0 Å². The van der Waals surface area contributed by atoms with Gasteiger partial charge in [-0.3, -0.25) is 0 Å². The molecule has 2 nitrogen and oxygen atoms in total. The molecule has 1 aromatic rings. The van der Waals surface area contributed by atoms with E-state index >= 15 is 0 Å². The maximum atomic E-state index is 13.4. The second kappa shape index (κ2) is 6.84. The predicted octanol–water partition coefficient (Wildman–Crippen LogP) is 3.69. The van der Waals surface area contributed by atoms with E-state index in [0.717, 1.165) is 37.7 Å². The zero-order valence-electron chi connectivity index (χ0n) is 13.1. The van der Waals surface area contributed by atoms with Crippen LogP contribution >= 0.6 is 0 Å². The fourth-order valence-corrected chi connectivity index (χ4v) is 3.46. The first kappa shape index (κ1) is 16.4. The average Bonchev–Trinajstić information content (AvgIpc) is 2.45. The topological polar surface area (TPSA) is 21.3 Å². The van der Waals surface area contributed by atoms with Crippen molar-refractivity contribution in [1.82, 2.24) is 5.32 Å². The van der Waals surface area contributed by atoms with Crippen LogP contribution in [0.2, 0.25) is 0 Å². The molecule has 1 N–H and O–H groups in total. The van der Waals surface area contributed by atoms with Crippen LogP contribution in [0, 0.1) is 17.6 Å². The summed E-state index contributed by atoms with van der Waals surface area (Å²) < 4.78 is 32.6. The van der Waals surface area contributed by atoms with E-state index in [9.17, 15) is 8.78 Å². The van der Waals surface area contributed by atoms with Gasteiger partial charge in [0.15, 0.2) is 0 Å². The Kier molecular flexibility index (Phi) is 5.33. The largest absolute Gasteiger partial charge is 0.377 e.